The van der Waals surface area contributed by atoms with Gasteiger partial charge in [0, 0.05) is 41.5 Å². The molecule has 3 heteroatoms. The third kappa shape index (κ3) is 2.43. The topological polar surface area (TPSA) is 26.2 Å². The van der Waals surface area contributed by atoms with E-state index in [0.29, 0.717) is 0 Å². The van der Waals surface area contributed by atoms with Crippen molar-refractivity contribution in [2.75, 3.05) is 19.7 Å². The zero-order valence-corrected chi connectivity index (χ0v) is 14.6. The fourth-order valence-corrected chi connectivity index (χ4v) is 3.98. The molecule has 0 amide bonds. The van der Waals surface area contributed by atoms with Crippen molar-refractivity contribution >= 4 is 21.8 Å². The van der Waals surface area contributed by atoms with Gasteiger partial charge in [0.1, 0.15) is 5.60 Å². The maximum absolute atomic E-state index is 6.24. The number of fused-ring (bicyclic) bond motifs is 3. The summed E-state index contributed by atoms with van der Waals surface area (Å²) in [5.41, 5.74) is 3.72. The van der Waals surface area contributed by atoms with Gasteiger partial charge in [-0.1, -0.05) is 49.7 Å². The average molecular weight is 322 g/mol. The second-order valence-corrected chi connectivity index (χ2v) is 6.98. The summed E-state index contributed by atoms with van der Waals surface area (Å²) in [6, 6.07) is 15.4. The zero-order chi connectivity index (χ0) is 16.6. The number of hydrogen-bond acceptors (Lipinski definition) is 2. The van der Waals surface area contributed by atoms with Gasteiger partial charge in [-0.3, -0.25) is 0 Å². The van der Waals surface area contributed by atoms with E-state index in [9.17, 15) is 0 Å². The van der Waals surface area contributed by atoms with Gasteiger partial charge in [-0.05, 0) is 19.4 Å². The molecule has 126 valence electrons. The second-order valence-electron chi connectivity index (χ2n) is 6.98. The number of rotatable bonds is 4. The number of nitrogens with one attached hydrogen (secondary N) is 1. The lowest BCUT2D eigenvalue weighted by atomic mass is 9.92. The fraction of sp³-hybridized carbons (Fsp3) is 0.429. The van der Waals surface area contributed by atoms with Crippen LogP contribution in [0.25, 0.3) is 21.8 Å². The molecule has 1 aromatic heterocycles. The van der Waals surface area contributed by atoms with E-state index in [-0.39, 0.29) is 5.60 Å². The smallest absolute Gasteiger partial charge is 0.105 e. The van der Waals surface area contributed by atoms with E-state index in [4.69, 9.17) is 4.74 Å². The normalized spacial score (nSPS) is 21.6. The minimum Gasteiger partial charge on any atom is -0.368 e. The Morgan fingerprint density at radius 2 is 1.96 bits per heavy atom. The Kier molecular flexibility index (Phi) is 4.07. The standard InChI is InChI=1S/C21H26N2O/c1-3-4-13-23-19-11-6-5-8-16(19)17-9-7-10-18(20(17)23)21(2)15-22-12-14-24-21/h5-11,22H,3-4,12-15H2,1-2H3. The molecular weight excluding hydrogens is 296 g/mol. The summed E-state index contributed by atoms with van der Waals surface area (Å²) in [6.07, 6.45) is 2.39. The van der Waals surface area contributed by atoms with Gasteiger partial charge < -0.3 is 14.6 Å². The van der Waals surface area contributed by atoms with Crippen molar-refractivity contribution in [3.05, 3.63) is 48.0 Å². The number of morpholine rings is 1. The van der Waals surface area contributed by atoms with Crippen LogP contribution in [-0.2, 0) is 16.9 Å². The van der Waals surface area contributed by atoms with E-state index < -0.39 is 0 Å². The Morgan fingerprint density at radius 1 is 1.12 bits per heavy atom. The monoisotopic (exact) mass is 322 g/mol. The molecule has 24 heavy (non-hydrogen) atoms. The number of aromatic nitrogens is 1. The summed E-state index contributed by atoms with van der Waals surface area (Å²) >= 11 is 0. The van der Waals surface area contributed by atoms with E-state index >= 15 is 0 Å². The lowest BCUT2D eigenvalue weighted by Gasteiger charge is -2.35. The molecule has 1 N–H and O–H groups in total. The summed E-state index contributed by atoms with van der Waals surface area (Å²) in [6.45, 7) is 8.09. The third-order valence-electron chi connectivity index (χ3n) is 5.26. The molecule has 2 aromatic carbocycles. The van der Waals surface area contributed by atoms with Crippen molar-refractivity contribution in [2.45, 2.75) is 38.8 Å². The molecule has 2 heterocycles. The zero-order valence-electron chi connectivity index (χ0n) is 14.6. The van der Waals surface area contributed by atoms with Gasteiger partial charge in [0.25, 0.3) is 0 Å². The van der Waals surface area contributed by atoms with Crippen LogP contribution in [0.4, 0.5) is 0 Å². The van der Waals surface area contributed by atoms with Crippen molar-refractivity contribution in [1.82, 2.24) is 9.88 Å². The van der Waals surface area contributed by atoms with Gasteiger partial charge in [-0.15, -0.1) is 0 Å². The first-order valence-electron chi connectivity index (χ1n) is 9.10. The molecule has 1 unspecified atom stereocenters. The maximum Gasteiger partial charge on any atom is 0.105 e. The van der Waals surface area contributed by atoms with Crippen molar-refractivity contribution in [2.24, 2.45) is 0 Å². The predicted molar refractivity (Wildman–Crippen MR) is 101 cm³/mol. The molecule has 0 spiro atoms. The molecule has 1 atom stereocenters. The van der Waals surface area contributed by atoms with E-state index in [0.717, 1.165) is 26.2 Å². The molecule has 1 saturated heterocycles. The molecule has 0 saturated carbocycles. The molecule has 0 aliphatic carbocycles. The molecule has 3 aromatic rings. The van der Waals surface area contributed by atoms with Gasteiger partial charge in [-0.2, -0.15) is 0 Å². The quantitative estimate of drug-likeness (QED) is 0.769. The number of unbranched alkanes of at least 4 members (excludes halogenated alkanes) is 1. The molecular formula is C21H26N2O. The number of aryl methyl sites for hydroxylation is 1. The largest absolute Gasteiger partial charge is 0.368 e. The van der Waals surface area contributed by atoms with Crippen molar-refractivity contribution in [1.29, 1.82) is 0 Å². The molecule has 1 aliphatic rings. The Morgan fingerprint density at radius 3 is 2.75 bits per heavy atom. The maximum atomic E-state index is 6.24. The van der Waals surface area contributed by atoms with Gasteiger partial charge >= 0.3 is 0 Å². The highest BCUT2D eigenvalue weighted by Gasteiger charge is 2.33. The molecule has 0 radical (unpaired) electrons. The van der Waals surface area contributed by atoms with Crippen LogP contribution in [-0.4, -0.2) is 24.3 Å². The SMILES string of the molecule is CCCCn1c2ccccc2c2cccc(C3(C)CNCCO3)c21. The second kappa shape index (κ2) is 6.23. The summed E-state index contributed by atoms with van der Waals surface area (Å²) in [5, 5.41) is 6.19. The van der Waals surface area contributed by atoms with Crippen LogP contribution in [0, 0.1) is 0 Å². The Bertz CT molecular complexity index is 859. The van der Waals surface area contributed by atoms with Crippen molar-refractivity contribution in [3.63, 3.8) is 0 Å². The molecule has 1 aliphatic heterocycles. The fourth-order valence-electron chi connectivity index (χ4n) is 3.98. The van der Waals surface area contributed by atoms with E-state index in [1.807, 2.05) is 0 Å². The lowest BCUT2D eigenvalue weighted by molar-refractivity contribution is -0.0563. The summed E-state index contributed by atoms with van der Waals surface area (Å²) in [5.74, 6) is 0. The molecule has 4 rings (SSSR count). The number of ether oxygens (including phenoxy) is 1. The number of nitrogens with zero attached hydrogens (tertiary/aromatic N) is 1. The van der Waals surface area contributed by atoms with Crippen LogP contribution in [0.3, 0.4) is 0 Å². The van der Waals surface area contributed by atoms with Gasteiger partial charge in [-0.25, -0.2) is 0 Å². The highest BCUT2D eigenvalue weighted by atomic mass is 16.5. The summed E-state index contributed by atoms with van der Waals surface area (Å²) in [4.78, 5) is 0. The van der Waals surface area contributed by atoms with Gasteiger partial charge in [0.05, 0.1) is 12.1 Å². The Balaban J connectivity index is 2.01. The van der Waals surface area contributed by atoms with Crippen molar-refractivity contribution < 1.29 is 4.74 Å². The minimum atomic E-state index is -0.268. The Hall–Kier alpha value is -1.84. The van der Waals surface area contributed by atoms with Crippen LogP contribution in [0.2, 0.25) is 0 Å². The van der Waals surface area contributed by atoms with Crippen LogP contribution in [0.5, 0.6) is 0 Å². The molecule has 1 fully saturated rings. The lowest BCUT2D eigenvalue weighted by Crippen LogP contribution is -2.45. The predicted octanol–water partition coefficient (Wildman–Crippen LogP) is 4.43. The van der Waals surface area contributed by atoms with Gasteiger partial charge in [0.2, 0.25) is 0 Å². The van der Waals surface area contributed by atoms with Crippen LogP contribution in [0.15, 0.2) is 42.5 Å². The van der Waals surface area contributed by atoms with Crippen LogP contribution < -0.4 is 5.32 Å². The summed E-state index contributed by atoms with van der Waals surface area (Å²) < 4.78 is 8.75. The minimum absolute atomic E-state index is 0.268. The average Bonchev–Trinajstić information content (AvgIpc) is 2.94. The highest BCUT2D eigenvalue weighted by molar-refractivity contribution is 6.09. The first-order chi connectivity index (χ1) is 11.7. The van der Waals surface area contributed by atoms with E-state index in [2.05, 4.69) is 66.2 Å². The third-order valence-corrected chi connectivity index (χ3v) is 5.26. The number of hydrogen-bond donors (Lipinski definition) is 1. The van der Waals surface area contributed by atoms with Crippen molar-refractivity contribution in [3.8, 4) is 0 Å². The first kappa shape index (κ1) is 15.7. The number of para-hydroxylation sites is 2. The van der Waals surface area contributed by atoms with Crippen LogP contribution >= 0.6 is 0 Å². The molecule has 3 nitrogen and oxygen atoms in total. The molecule has 0 bridgehead atoms. The number of benzene rings is 2. The first-order valence-corrected chi connectivity index (χ1v) is 9.10. The van der Waals surface area contributed by atoms with E-state index in [1.165, 1.54) is 40.2 Å². The highest BCUT2D eigenvalue weighted by Crippen LogP contribution is 2.37. The Labute approximate surface area is 143 Å². The van der Waals surface area contributed by atoms with Crippen LogP contribution in [0.1, 0.15) is 32.3 Å². The van der Waals surface area contributed by atoms with E-state index in [1.54, 1.807) is 0 Å². The summed E-state index contributed by atoms with van der Waals surface area (Å²) in [7, 11) is 0. The van der Waals surface area contributed by atoms with Gasteiger partial charge in [0.15, 0.2) is 0 Å².